The number of rotatable bonds is 5. The van der Waals surface area contributed by atoms with Gasteiger partial charge in [-0.2, -0.15) is 0 Å². The van der Waals surface area contributed by atoms with Crippen LogP contribution in [0.25, 0.3) is 0 Å². The fourth-order valence-corrected chi connectivity index (χ4v) is 2.19. The first-order chi connectivity index (χ1) is 12.5. The summed E-state index contributed by atoms with van der Waals surface area (Å²) in [6, 6.07) is 9.77. The third-order valence-corrected chi connectivity index (χ3v) is 3.56. The zero-order valence-electron chi connectivity index (χ0n) is 13.9. The summed E-state index contributed by atoms with van der Waals surface area (Å²) >= 11 is 0. The number of hydrogen-bond donors (Lipinski definition) is 1. The van der Waals surface area contributed by atoms with Crippen molar-refractivity contribution in [1.82, 2.24) is 15.3 Å². The van der Waals surface area contributed by atoms with E-state index in [9.17, 15) is 13.6 Å². The summed E-state index contributed by atoms with van der Waals surface area (Å²) in [5, 5.41) is 2.73. The second-order valence-electron chi connectivity index (χ2n) is 5.52. The highest BCUT2D eigenvalue weighted by Gasteiger charge is 2.12. The van der Waals surface area contributed by atoms with Crippen LogP contribution in [0.2, 0.25) is 0 Å². The van der Waals surface area contributed by atoms with E-state index >= 15 is 0 Å². The molecule has 0 unspecified atom stereocenters. The van der Waals surface area contributed by atoms with E-state index in [1.807, 2.05) is 6.92 Å². The second kappa shape index (κ2) is 7.69. The Hall–Kier alpha value is -3.35. The molecule has 0 bridgehead atoms. The van der Waals surface area contributed by atoms with Crippen molar-refractivity contribution in [2.75, 3.05) is 0 Å². The zero-order chi connectivity index (χ0) is 18.5. The molecule has 1 N–H and O–H groups in total. The first-order valence-corrected chi connectivity index (χ1v) is 7.80. The van der Waals surface area contributed by atoms with Crippen molar-refractivity contribution in [2.45, 2.75) is 13.5 Å². The predicted octanol–water partition coefficient (Wildman–Crippen LogP) is 3.79. The van der Waals surface area contributed by atoms with E-state index in [2.05, 4.69) is 15.3 Å². The summed E-state index contributed by atoms with van der Waals surface area (Å²) in [7, 11) is 0. The minimum absolute atomic E-state index is 0.124. The topological polar surface area (TPSA) is 64.1 Å². The molecular weight excluding hydrogens is 340 g/mol. The first-order valence-electron chi connectivity index (χ1n) is 7.80. The van der Waals surface area contributed by atoms with Crippen LogP contribution in [0.1, 0.15) is 21.6 Å². The van der Waals surface area contributed by atoms with Crippen LogP contribution in [0.3, 0.4) is 0 Å². The number of benzene rings is 1. The number of carbonyl (C=O) groups excluding carboxylic acids is 1. The highest BCUT2D eigenvalue weighted by molar-refractivity contribution is 5.93. The number of aromatic nitrogens is 2. The Morgan fingerprint density at radius 2 is 2.00 bits per heavy atom. The Morgan fingerprint density at radius 1 is 1.15 bits per heavy atom. The molecule has 132 valence electrons. The van der Waals surface area contributed by atoms with Crippen LogP contribution >= 0.6 is 0 Å². The van der Waals surface area contributed by atoms with E-state index in [0.29, 0.717) is 11.1 Å². The molecule has 0 atom stereocenters. The van der Waals surface area contributed by atoms with Crippen molar-refractivity contribution >= 4 is 5.91 Å². The quantitative estimate of drug-likeness (QED) is 0.756. The van der Waals surface area contributed by atoms with Gasteiger partial charge in [0.25, 0.3) is 5.91 Å². The number of ether oxygens (including phenoxy) is 1. The van der Waals surface area contributed by atoms with Crippen LogP contribution in [-0.4, -0.2) is 15.9 Å². The van der Waals surface area contributed by atoms with Crippen molar-refractivity contribution in [2.24, 2.45) is 0 Å². The lowest BCUT2D eigenvalue weighted by atomic mass is 10.2. The molecule has 1 amide bonds. The molecule has 2 heterocycles. The van der Waals surface area contributed by atoms with E-state index in [1.165, 1.54) is 18.5 Å². The fraction of sp³-hybridized carbons (Fsp3) is 0.105. The van der Waals surface area contributed by atoms with E-state index in [-0.39, 0.29) is 24.1 Å². The van der Waals surface area contributed by atoms with Gasteiger partial charge in [0.1, 0.15) is 5.82 Å². The minimum Gasteiger partial charge on any atom is -0.436 e. The molecule has 3 aromatic rings. The van der Waals surface area contributed by atoms with Crippen LogP contribution < -0.4 is 10.1 Å². The monoisotopic (exact) mass is 355 g/mol. The molecule has 0 radical (unpaired) electrons. The Labute approximate surface area is 148 Å². The van der Waals surface area contributed by atoms with Gasteiger partial charge in [-0.1, -0.05) is 6.07 Å². The van der Waals surface area contributed by atoms with Gasteiger partial charge in [0, 0.05) is 36.3 Å². The van der Waals surface area contributed by atoms with Crippen molar-refractivity contribution in [3.8, 4) is 11.6 Å². The second-order valence-corrected chi connectivity index (χ2v) is 5.52. The van der Waals surface area contributed by atoms with Crippen LogP contribution in [0.4, 0.5) is 8.78 Å². The van der Waals surface area contributed by atoms with Crippen molar-refractivity contribution in [3.63, 3.8) is 0 Å². The number of halogens is 2. The number of hydrogen-bond acceptors (Lipinski definition) is 4. The van der Waals surface area contributed by atoms with Crippen molar-refractivity contribution in [3.05, 3.63) is 83.3 Å². The van der Waals surface area contributed by atoms with E-state index in [0.717, 1.165) is 17.8 Å². The largest absolute Gasteiger partial charge is 0.436 e. The van der Waals surface area contributed by atoms with Gasteiger partial charge in [0.05, 0.1) is 5.56 Å². The number of nitrogens with one attached hydrogen (secondary N) is 1. The molecule has 0 saturated carbocycles. The molecule has 0 aliphatic carbocycles. The standard InChI is InChI=1S/C19H15F2N3O2/c1-12-4-5-13(10-23-12)18(25)24-11-14-3-2-8-22-19(14)26-17-7-6-15(20)9-16(17)21/h2-10H,11H2,1H3,(H,24,25). The minimum atomic E-state index is -0.837. The fourth-order valence-electron chi connectivity index (χ4n) is 2.19. The lowest BCUT2D eigenvalue weighted by Crippen LogP contribution is -2.23. The molecule has 26 heavy (non-hydrogen) atoms. The molecule has 5 nitrogen and oxygen atoms in total. The Morgan fingerprint density at radius 3 is 2.73 bits per heavy atom. The molecule has 2 aromatic heterocycles. The lowest BCUT2D eigenvalue weighted by Gasteiger charge is -2.11. The van der Waals surface area contributed by atoms with Crippen LogP contribution in [0, 0.1) is 18.6 Å². The van der Waals surface area contributed by atoms with Gasteiger partial charge in [0.15, 0.2) is 11.6 Å². The van der Waals surface area contributed by atoms with Gasteiger partial charge < -0.3 is 10.1 Å². The third kappa shape index (κ3) is 4.18. The van der Waals surface area contributed by atoms with Gasteiger partial charge >= 0.3 is 0 Å². The maximum Gasteiger partial charge on any atom is 0.253 e. The molecule has 7 heteroatoms. The van der Waals surface area contributed by atoms with E-state index in [4.69, 9.17) is 4.74 Å². The highest BCUT2D eigenvalue weighted by atomic mass is 19.1. The number of carbonyl (C=O) groups is 1. The van der Waals surface area contributed by atoms with Crippen molar-refractivity contribution in [1.29, 1.82) is 0 Å². The molecule has 0 aliphatic heterocycles. The summed E-state index contributed by atoms with van der Waals surface area (Å²) in [4.78, 5) is 20.3. The number of aryl methyl sites for hydroxylation is 1. The Balaban J connectivity index is 1.73. The summed E-state index contributed by atoms with van der Waals surface area (Å²) in [6.07, 6.45) is 2.96. The molecule has 0 spiro atoms. The summed E-state index contributed by atoms with van der Waals surface area (Å²) in [5.74, 6) is -1.87. The molecule has 1 aromatic carbocycles. The Kier molecular flexibility index (Phi) is 5.17. The molecule has 3 rings (SSSR count). The summed E-state index contributed by atoms with van der Waals surface area (Å²) < 4.78 is 32.2. The van der Waals surface area contributed by atoms with Gasteiger partial charge in [-0.3, -0.25) is 9.78 Å². The van der Waals surface area contributed by atoms with Crippen LogP contribution in [-0.2, 0) is 6.54 Å². The highest BCUT2D eigenvalue weighted by Crippen LogP contribution is 2.26. The van der Waals surface area contributed by atoms with Gasteiger partial charge in [-0.05, 0) is 37.3 Å². The molecule has 0 saturated heterocycles. The summed E-state index contributed by atoms with van der Waals surface area (Å²) in [5.41, 5.74) is 1.78. The number of pyridine rings is 2. The number of nitrogens with zero attached hydrogens (tertiary/aromatic N) is 2. The lowest BCUT2D eigenvalue weighted by molar-refractivity contribution is 0.0950. The Bertz CT molecular complexity index is 930. The third-order valence-electron chi connectivity index (χ3n) is 3.56. The molecule has 0 aliphatic rings. The maximum absolute atomic E-state index is 13.8. The van der Waals surface area contributed by atoms with Gasteiger partial charge in [-0.25, -0.2) is 13.8 Å². The van der Waals surface area contributed by atoms with Crippen molar-refractivity contribution < 1.29 is 18.3 Å². The number of amides is 1. The smallest absolute Gasteiger partial charge is 0.253 e. The SMILES string of the molecule is Cc1ccc(C(=O)NCc2cccnc2Oc2ccc(F)cc2F)cn1. The van der Waals surface area contributed by atoms with E-state index in [1.54, 1.807) is 24.3 Å². The van der Waals surface area contributed by atoms with Crippen LogP contribution in [0.5, 0.6) is 11.6 Å². The zero-order valence-corrected chi connectivity index (χ0v) is 13.9. The summed E-state index contributed by atoms with van der Waals surface area (Å²) in [6.45, 7) is 1.95. The maximum atomic E-state index is 13.8. The average molecular weight is 355 g/mol. The van der Waals surface area contributed by atoms with Crippen LogP contribution in [0.15, 0.2) is 54.9 Å². The van der Waals surface area contributed by atoms with Gasteiger partial charge in [0.2, 0.25) is 5.88 Å². The van der Waals surface area contributed by atoms with E-state index < -0.39 is 11.6 Å². The molecular formula is C19H15F2N3O2. The first kappa shape index (κ1) is 17.5. The van der Waals surface area contributed by atoms with Gasteiger partial charge in [-0.15, -0.1) is 0 Å². The normalized spacial score (nSPS) is 10.4. The molecule has 0 fully saturated rings. The average Bonchev–Trinajstić information content (AvgIpc) is 2.63. The predicted molar refractivity (Wildman–Crippen MR) is 90.8 cm³/mol.